The fraction of sp³-hybridized carbons (Fsp3) is 0.458. The predicted molar refractivity (Wildman–Crippen MR) is 113 cm³/mol. The Balaban J connectivity index is 1.47. The molecule has 4 aliphatic rings. The van der Waals surface area contributed by atoms with Gasteiger partial charge in [-0.2, -0.15) is 0 Å². The average molecular weight is 390 g/mol. The highest BCUT2D eigenvalue weighted by Gasteiger charge is 2.50. The van der Waals surface area contributed by atoms with E-state index in [2.05, 4.69) is 0 Å². The Morgan fingerprint density at radius 3 is 2.24 bits per heavy atom. The van der Waals surface area contributed by atoms with Gasteiger partial charge >= 0.3 is 5.69 Å². The van der Waals surface area contributed by atoms with E-state index in [4.69, 9.17) is 4.99 Å². The van der Waals surface area contributed by atoms with Crippen molar-refractivity contribution in [2.75, 3.05) is 0 Å². The highest BCUT2D eigenvalue weighted by atomic mass is 16.6. The predicted octanol–water partition coefficient (Wildman–Crippen LogP) is 5.28. The van der Waals surface area contributed by atoms with Crippen molar-refractivity contribution in [2.24, 2.45) is 22.7 Å². The van der Waals surface area contributed by atoms with Crippen LogP contribution in [0.3, 0.4) is 0 Å². The maximum absolute atomic E-state index is 11.5. The number of aliphatic imine (C=N–C) groups is 1. The van der Waals surface area contributed by atoms with Crippen LogP contribution in [-0.4, -0.2) is 21.8 Å². The van der Waals surface area contributed by atoms with E-state index in [0.717, 1.165) is 48.1 Å². The maximum Gasteiger partial charge on any atom is 0.311 e. The number of hydrogen-bond acceptors (Lipinski definition) is 4. The Bertz CT molecular complexity index is 932. The number of nitro benzene ring substituents is 1. The van der Waals surface area contributed by atoms with Gasteiger partial charge in [0.05, 0.1) is 10.5 Å². The van der Waals surface area contributed by atoms with E-state index in [9.17, 15) is 15.2 Å². The Kier molecular flexibility index (Phi) is 4.41. The van der Waals surface area contributed by atoms with Crippen LogP contribution in [0.1, 0.15) is 55.2 Å². The van der Waals surface area contributed by atoms with E-state index in [1.807, 2.05) is 36.4 Å². The largest absolute Gasteiger partial charge is 0.502 e. The highest BCUT2D eigenvalue weighted by Crippen LogP contribution is 2.57. The smallest absolute Gasteiger partial charge is 0.311 e. The Hall–Kier alpha value is -2.69. The van der Waals surface area contributed by atoms with Gasteiger partial charge in [-0.05, 0) is 79.9 Å². The fourth-order valence-corrected chi connectivity index (χ4v) is 6.30. The molecule has 1 N–H and O–H groups in total. The number of rotatable bonds is 5. The summed E-state index contributed by atoms with van der Waals surface area (Å²) in [7, 11) is 0. The van der Waals surface area contributed by atoms with Gasteiger partial charge < -0.3 is 5.11 Å². The van der Waals surface area contributed by atoms with Crippen molar-refractivity contribution in [3.8, 4) is 5.75 Å². The van der Waals surface area contributed by atoms with Gasteiger partial charge in [-0.1, -0.05) is 30.3 Å². The van der Waals surface area contributed by atoms with Crippen LogP contribution in [0.5, 0.6) is 5.75 Å². The van der Waals surface area contributed by atoms with E-state index in [-0.39, 0.29) is 17.0 Å². The van der Waals surface area contributed by atoms with Crippen LogP contribution in [0.15, 0.2) is 47.5 Å². The Labute approximate surface area is 170 Å². The van der Waals surface area contributed by atoms with Gasteiger partial charge in [-0.3, -0.25) is 15.1 Å². The van der Waals surface area contributed by atoms with E-state index < -0.39 is 4.92 Å². The van der Waals surface area contributed by atoms with E-state index in [0.29, 0.717) is 12.0 Å². The summed E-state index contributed by atoms with van der Waals surface area (Å²) in [6, 6.07) is 13.2. The van der Waals surface area contributed by atoms with Gasteiger partial charge in [0.15, 0.2) is 0 Å². The van der Waals surface area contributed by atoms with Crippen LogP contribution in [-0.2, 0) is 6.42 Å². The number of aromatic hydroxyl groups is 1. The standard InChI is InChI=1S/C24H26N2O3/c27-23-21(15-25-24-12-18-7-19(13-24)9-20(8-18)14-24)10-17(11-22(23)26(28)29)6-16-4-2-1-3-5-16/h1-5,10-11,15,18-20,27H,6-9,12-14H2. The van der Waals surface area contributed by atoms with E-state index in [1.165, 1.54) is 25.3 Å². The average Bonchev–Trinajstić information content (AvgIpc) is 2.68. The fourth-order valence-electron chi connectivity index (χ4n) is 6.30. The minimum atomic E-state index is -0.508. The van der Waals surface area contributed by atoms with E-state index in [1.54, 1.807) is 6.21 Å². The first-order valence-electron chi connectivity index (χ1n) is 10.6. The molecule has 0 aliphatic heterocycles. The van der Waals surface area contributed by atoms with Gasteiger partial charge in [0, 0.05) is 17.8 Å². The summed E-state index contributed by atoms with van der Waals surface area (Å²) in [5.74, 6) is 2.07. The highest BCUT2D eigenvalue weighted by molar-refractivity contribution is 5.86. The van der Waals surface area contributed by atoms with Crippen LogP contribution in [0.25, 0.3) is 0 Å². The van der Waals surface area contributed by atoms with Crippen LogP contribution < -0.4 is 0 Å². The lowest BCUT2D eigenvalue weighted by molar-refractivity contribution is -0.385. The molecular formula is C24H26N2O3. The summed E-state index contributed by atoms with van der Waals surface area (Å²) in [5, 5.41) is 22.0. The summed E-state index contributed by atoms with van der Waals surface area (Å²) in [4.78, 5) is 16.0. The Morgan fingerprint density at radius 1 is 1.03 bits per heavy atom. The molecule has 4 aliphatic carbocycles. The number of phenols is 1. The molecule has 0 amide bonds. The van der Waals surface area contributed by atoms with Gasteiger partial charge in [0.1, 0.15) is 0 Å². The Morgan fingerprint density at radius 2 is 1.66 bits per heavy atom. The van der Waals surface area contributed by atoms with Crippen LogP contribution in [0.2, 0.25) is 0 Å². The number of hydrogen-bond donors (Lipinski definition) is 1. The summed E-state index contributed by atoms with van der Waals surface area (Å²) >= 11 is 0. The van der Waals surface area contributed by atoms with Crippen molar-refractivity contribution < 1.29 is 10.0 Å². The third kappa shape index (κ3) is 3.54. The zero-order valence-electron chi connectivity index (χ0n) is 16.5. The number of nitro groups is 1. The molecule has 2 aromatic carbocycles. The molecular weight excluding hydrogens is 364 g/mol. The molecule has 4 bridgehead atoms. The third-order valence-electron chi connectivity index (χ3n) is 7.11. The van der Waals surface area contributed by atoms with Crippen molar-refractivity contribution in [1.82, 2.24) is 0 Å². The van der Waals surface area contributed by atoms with Crippen molar-refractivity contribution in [2.45, 2.75) is 50.5 Å². The number of nitrogens with zero attached hydrogens (tertiary/aromatic N) is 2. The minimum absolute atomic E-state index is 0.0224. The lowest BCUT2D eigenvalue weighted by atomic mass is 9.53. The summed E-state index contributed by atoms with van der Waals surface area (Å²) in [5.41, 5.74) is 2.08. The second-order valence-corrected chi connectivity index (χ2v) is 9.37. The molecule has 5 heteroatoms. The van der Waals surface area contributed by atoms with Gasteiger partial charge in [0.2, 0.25) is 5.75 Å². The van der Waals surface area contributed by atoms with Gasteiger partial charge in [-0.25, -0.2) is 0 Å². The molecule has 2 aromatic rings. The van der Waals surface area contributed by atoms with Crippen molar-refractivity contribution >= 4 is 11.9 Å². The molecule has 29 heavy (non-hydrogen) atoms. The summed E-state index contributed by atoms with van der Waals surface area (Å²) in [6.07, 6.45) is 9.71. The topological polar surface area (TPSA) is 75.7 Å². The first-order valence-corrected chi connectivity index (χ1v) is 10.6. The monoisotopic (exact) mass is 390 g/mol. The van der Waals surface area contributed by atoms with Crippen molar-refractivity contribution in [3.05, 3.63) is 69.3 Å². The van der Waals surface area contributed by atoms with Crippen LogP contribution >= 0.6 is 0 Å². The van der Waals surface area contributed by atoms with Crippen LogP contribution in [0.4, 0.5) is 5.69 Å². The second-order valence-electron chi connectivity index (χ2n) is 9.37. The zero-order valence-corrected chi connectivity index (χ0v) is 16.5. The molecule has 0 aromatic heterocycles. The van der Waals surface area contributed by atoms with Gasteiger partial charge in [-0.15, -0.1) is 0 Å². The molecule has 0 spiro atoms. The molecule has 0 atom stereocenters. The lowest BCUT2D eigenvalue weighted by Crippen LogP contribution is -2.49. The SMILES string of the molecule is O=[N+]([O-])c1cc(Cc2ccccc2)cc(C=NC23CC4CC(CC(C4)C2)C3)c1O. The summed E-state index contributed by atoms with van der Waals surface area (Å²) in [6.45, 7) is 0. The summed E-state index contributed by atoms with van der Waals surface area (Å²) < 4.78 is 0. The van der Waals surface area contributed by atoms with Crippen LogP contribution in [0, 0.1) is 27.9 Å². The normalized spacial score (nSPS) is 30.1. The maximum atomic E-state index is 11.5. The molecule has 4 fully saturated rings. The van der Waals surface area contributed by atoms with Crippen molar-refractivity contribution in [3.63, 3.8) is 0 Å². The second kappa shape index (κ2) is 6.97. The lowest BCUT2D eigenvalue weighted by Gasteiger charge is -2.54. The van der Waals surface area contributed by atoms with E-state index >= 15 is 0 Å². The molecule has 0 saturated heterocycles. The molecule has 4 saturated carbocycles. The third-order valence-corrected chi connectivity index (χ3v) is 7.11. The molecule has 0 radical (unpaired) electrons. The molecule has 6 rings (SSSR count). The zero-order chi connectivity index (χ0) is 20.0. The number of benzene rings is 2. The van der Waals surface area contributed by atoms with Crippen molar-refractivity contribution in [1.29, 1.82) is 0 Å². The molecule has 0 unspecified atom stereocenters. The quantitative estimate of drug-likeness (QED) is 0.429. The molecule has 150 valence electrons. The first-order chi connectivity index (χ1) is 14.0. The molecule has 5 nitrogen and oxygen atoms in total. The minimum Gasteiger partial charge on any atom is -0.502 e. The van der Waals surface area contributed by atoms with Gasteiger partial charge in [0.25, 0.3) is 0 Å². The molecule has 0 heterocycles. The first kappa shape index (κ1) is 18.3. The number of phenolic OH excluding ortho intramolecular Hbond substituents is 1.